The molecule has 2 rings (SSSR count). The van der Waals surface area contributed by atoms with E-state index in [1.165, 1.54) is 10.5 Å². The van der Waals surface area contributed by atoms with Gasteiger partial charge < -0.3 is 10.1 Å². The third-order valence-electron chi connectivity index (χ3n) is 3.76. The number of ether oxygens (including phenoxy) is 1. The predicted molar refractivity (Wildman–Crippen MR) is 106 cm³/mol. The highest BCUT2D eigenvalue weighted by atomic mass is 35.5. The summed E-state index contributed by atoms with van der Waals surface area (Å²) in [5.74, 6) is 1.41. The largest absolute Gasteiger partial charge is 0.481 e. The van der Waals surface area contributed by atoms with Gasteiger partial charge in [0.05, 0.1) is 0 Å². The van der Waals surface area contributed by atoms with E-state index in [9.17, 15) is 4.79 Å². The van der Waals surface area contributed by atoms with Gasteiger partial charge in [-0.15, -0.1) is 11.8 Å². The maximum atomic E-state index is 12.3. The second kappa shape index (κ2) is 9.73. The van der Waals surface area contributed by atoms with Crippen molar-refractivity contribution in [1.82, 2.24) is 5.32 Å². The van der Waals surface area contributed by atoms with Crippen LogP contribution in [-0.4, -0.2) is 24.3 Å². The van der Waals surface area contributed by atoms with E-state index in [2.05, 4.69) is 36.5 Å². The summed E-state index contributed by atoms with van der Waals surface area (Å²) >= 11 is 7.75. The van der Waals surface area contributed by atoms with Crippen molar-refractivity contribution in [2.45, 2.75) is 38.2 Å². The molecule has 25 heavy (non-hydrogen) atoms. The highest BCUT2D eigenvalue weighted by Crippen LogP contribution is 2.22. The highest BCUT2D eigenvalue weighted by molar-refractivity contribution is 7.99. The molecule has 5 heteroatoms. The lowest BCUT2D eigenvalue weighted by Crippen LogP contribution is -2.39. The van der Waals surface area contributed by atoms with Crippen molar-refractivity contribution in [2.24, 2.45) is 0 Å². The van der Waals surface area contributed by atoms with E-state index >= 15 is 0 Å². The van der Waals surface area contributed by atoms with Gasteiger partial charge in [-0.05, 0) is 56.2 Å². The van der Waals surface area contributed by atoms with Crippen LogP contribution in [-0.2, 0) is 4.79 Å². The number of rotatable bonds is 8. The van der Waals surface area contributed by atoms with Crippen molar-refractivity contribution < 1.29 is 9.53 Å². The molecule has 1 atom stereocenters. The number of thioether (sulfide) groups is 1. The maximum absolute atomic E-state index is 12.3. The Morgan fingerprint density at radius 3 is 2.56 bits per heavy atom. The lowest BCUT2D eigenvalue weighted by Gasteiger charge is -2.17. The number of amides is 1. The smallest absolute Gasteiger partial charge is 0.261 e. The molecular formula is C20H24ClNO2S. The fraction of sp³-hybridized carbons (Fsp3) is 0.350. The Morgan fingerprint density at radius 1 is 1.20 bits per heavy atom. The zero-order valence-electron chi connectivity index (χ0n) is 14.8. The number of carbonyl (C=O) groups is 1. The van der Waals surface area contributed by atoms with Gasteiger partial charge in [-0.1, -0.05) is 36.2 Å². The van der Waals surface area contributed by atoms with E-state index in [0.29, 0.717) is 23.7 Å². The first-order chi connectivity index (χ1) is 12.0. The van der Waals surface area contributed by atoms with Crippen molar-refractivity contribution in [3.8, 4) is 5.75 Å². The monoisotopic (exact) mass is 377 g/mol. The molecule has 2 aromatic carbocycles. The van der Waals surface area contributed by atoms with Gasteiger partial charge in [-0.25, -0.2) is 0 Å². The number of benzene rings is 2. The van der Waals surface area contributed by atoms with Gasteiger partial charge >= 0.3 is 0 Å². The zero-order valence-corrected chi connectivity index (χ0v) is 16.4. The van der Waals surface area contributed by atoms with Crippen molar-refractivity contribution in [1.29, 1.82) is 0 Å². The van der Waals surface area contributed by atoms with Crippen LogP contribution in [0.4, 0.5) is 0 Å². The van der Waals surface area contributed by atoms with E-state index in [-0.39, 0.29) is 5.91 Å². The summed E-state index contributed by atoms with van der Waals surface area (Å²) in [5, 5.41) is 3.64. The molecule has 0 bridgehead atoms. The van der Waals surface area contributed by atoms with E-state index in [4.69, 9.17) is 16.3 Å². The molecule has 0 aromatic heterocycles. The molecule has 3 nitrogen and oxygen atoms in total. The minimum atomic E-state index is -0.495. The minimum absolute atomic E-state index is 0.0837. The summed E-state index contributed by atoms with van der Waals surface area (Å²) in [6, 6.07) is 13.8. The molecule has 134 valence electrons. The Kier molecular flexibility index (Phi) is 7.66. The first kappa shape index (κ1) is 19.7. The van der Waals surface area contributed by atoms with Crippen LogP contribution in [0.1, 0.15) is 24.5 Å². The number of hydrogen-bond acceptors (Lipinski definition) is 3. The first-order valence-corrected chi connectivity index (χ1v) is 9.76. The van der Waals surface area contributed by atoms with Gasteiger partial charge in [0.25, 0.3) is 5.91 Å². The van der Waals surface area contributed by atoms with Crippen molar-refractivity contribution >= 4 is 29.3 Å². The van der Waals surface area contributed by atoms with Crippen LogP contribution in [0.25, 0.3) is 0 Å². The van der Waals surface area contributed by atoms with Crippen LogP contribution in [0.15, 0.2) is 47.4 Å². The van der Waals surface area contributed by atoms with Gasteiger partial charge in [-0.2, -0.15) is 0 Å². The molecule has 2 aromatic rings. The van der Waals surface area contributed by atoms with Crippen LogP contribution < -0.4 is 10.1 Å². The molecular weight excluding hydrogens is 354 g/mol. The third kappa shape index (κ3) is 6.29. The summed E-state index contributed by atoms with van der Waals surface area (Å²) in [6.45, 7) is 6.53. The summed E-state index contributed by atoms with van der Waals surface area (Å²) in [5.41, 5.74) is 2.18. The molecule has 1 N–H and O–H groups in total. The van der Waals surface area contributed by atoms with Crippen molar-refractivity contribution in [3.05, 3.63) is 58.6 Å². The zero-order chi connectivity index (χ0) is 18.2. The number of nitrogens with one attached hydrogen (secondary N) is 1. The maximum Gasteiger partial charge on any atom is 0.261 e. The quantitative estimate of drug-likeness (QED) is 0.518. The van der Waals surface area contributed by atoms with Crippen molar-refractivity contribution in [2.75, 3.05) is 12.3 Å². The number of aryl methyl sites for hydroxylation is 2. The fourth-order valence-electron chi connectivity index (χ4n) is 2.27. The third-order valence-corrected chi connectivity index (χ3v) is 5.20. The van der Waals surface area contributed by atoms with Crippen LogP contribution in [0.3, 0.4) is 0 Å². The van der Waals surface area contributed by atoms with Gasteiger partial charge in [0.2, 0.25) is 0 Å². The van der Waals surface area contributed by atoms with E-state index in [0.717, 1.165) is 11.3 Å². The molecule has 0 aliphatic rings. The number of halogens is 1. The topological polar surface area (TPSA) is 38.3 Å². The van der Waals surface area contributed by atoms with Crippen molar-refractivity contribution in [3.63, 3.8) is 0 Å². The SMILES string of the molecule is CC[C@H](Oc1ccc(Cl)c(C)c1)C(=O)NCCSc1ccc(C)cc1. The van der Waals surface area contributed by atoms with Crippen LogP contribution >= 0.6 is 23.4 Å². The van der Waals surface area contributed by atoms with Crippen LogP contribution in [0, 0.1) is 13.8 Å². The molecule has 0 fully saturated rings. The summed E-state index contributed by atoms with van der Waals surface area (Å²) in [7, 11) is 0. The Labute approximate surface area is 159 Å². The second-order valence-electron chi connectivity index (χ2n) is 5.88. The predicted octanol–water partition coefficient (Wildman–Crippen LogP) is 5.02. The van der Waals surface area contributed by atoms with Crippen LogP contribution in [0.5, 0.6) is 5.75 Å². The molecule has 0 heterocycles. The molecule has 0 spiro atoms. The molecule has 0 aliphatic carbocycles. The molecule has 0 unspecified atom stereocenters. The molecule has 0 radical (unpaired) electrons. The van der Waals surface area contributed by atoms with Gasteiger partial charge in [0.1, 0.15) is 5.75 Å². The molecule has 0 saturated heterocycles. The molecule has 0 aliphatic heterocycles. The lowest BCUT2D eigenvalue weighted by atomic mass is 10.2. The van der Waals surface area contributed by atoms with E-state index in [1.807, 2.05) is 19.9 Å². The second-order valence-corrected chi connectivity index (χ2v) is 7.45. The lowest BCUT2D eigenvalue weighted by molar-refractivity contribution is -0.127. The van der Waals surface area contributed by atoms with Gasteiger partial charge in [0, 0.05) is 22.2 Å². The highest BCUT2D eigenvalue weighted by Gasteiger charge is 2.18. The average molecular weight is 378 g/mol. The summed E-state index contributed by atoms with van der Waals surface area (Å²) in [6.07, 6.45) is 0.114. The normalized spacial score (nSPS) is 11.8. The van der Waals surface area contributed by atoms with Crippen LogP contribution in [0.2, 0.25) is 5.02 Å². The number of carbonyl (C=O) groups excluding carboxylic acids is 1. The fourth-order valence-corrected chi connectivity index (χ4v) is 3.15. The Morgan fingerprint density at radius 2 is 1.92 bits per heavy atom. The average Bonchev–Trinajstić information content (AvgIpc) is 2.61. The standard InChI is InChI=1S/C20H24ClNO2S/c1-4-19(24-16-7-10-18(21)15(3)13-16)20(23)22-11-12-25-17-8-5-14(2)6-9-17/h5-10,13,19H,4,11-12H2,1-3H3,(H,22,23)/t19-/m0/s1. The van der Waals surface area contributed by atoms with Gasteiger partial charge in [0.15, 0.2) is 6.10 Å². The van der Waals surface area contributed by atoms with E-state index < -0.39 is 6.10 Å². The van der Waals surface area contributed by atoms with Gasteiger partial charge in [-0.3, -0.25) is 4.79 Å². The molecule has 1 amide bonds. The summed E-state index contributed by atoms with van der Waals surface area (Å²) in [4.78, 5) is 13.5. The molecule has 0 saturated carbocycles. The number of hydrogen-bond donors (Lipinski definition) is 1. The minimum Gasteiger partial charge on any atom is -0.481 e. The first-order valence-electron chi connectivity index (χ1n) is 8.39. The summed E-state index contributed by atoms with van der Waals surface area (Å²) < 4.78 is 5.81. The van der Waals surface area contributed by atoms with E-state index in [1.54, 1.807) is 23.9 Å². The Hall–Kier alpha value is -1.65. The Bertz CT molecular complexity index is 703. The Balaban J connectivity index is 1.79.